The predicted octanol–water partition coefficient (Wildman–Crippen LogP) is 6.22. The summed E-state index contributed by atoms with van der Waals surface area (Å²) in [6.45, 7) is 8.14. The molecule has 0 bridgehead atoms. The molecule has 0 N–H and O–H groups in total. The monoisotopic (exact) mass is 473 g/mol. The minimum Gasteiger partial charge on any atom is -0.322 e. The van der Waals surface area contributed by atoms with Gasteiger partial charge in [-0.1, -0.05) is 54.4 Å². The van der Waals surface area contributed by atoms with Gasteiger partial charge in [0, 0.05) is 25.3 Å². The van der Waals surface area contributed by atoms with Gasteiger partial charge in [-0.25, -0.2) is 4.79 Å². The van der Waals surface area contributed by atoms with Crippen molar-refractivity contribution < 1.29 is 4.79 Å². The summed E-state index contributed by atoms with van der Waals surface area (Å²) in [5.74, 6) is 1.22. The van der Waals surface area contributed by atoms with Gasteiger partial charge in [0.15, 0.2) is 0 Å². The summed E-state index contributed by atoms with van der Waals surface area (Å²) in [4.78, 5) is 19.3. The minimum absolute atomic E-state index is 0.145. The number of benzene rings is 2. The molecular weight excluding hydrogens is 441 g/mol. The second-order valence-electron chi connectivity index (χ2n) is 9.35. The second-order valence-corrected chi connectivity index (χ2v) is 10.2. The highest BCUT2D eigenvalue weighted by molar-refractivity contribution is 6.42. The highest BCUT2D eigenvalue weighted by Gasteiger charge is 2.30. The van der Waals surface area contributed by atoms with Crippen molar-refractivity contribution in [1.29, 1.82) is 0 Å². The first-order valence-electron chi connectivity index (χ1n) is 11.8. The van der Waals surface area contributed by atoms with Crippen LogP contribution < -0.4 is 4.90 Å². The van der Waals surface area contributed by atoms with E-state index in [2.05, 4.69) is 17.9 Å². The van der Waals surface area contributed by atoms with Crippen molar-refractivity contribution in [2.45, 2.75) is 32.6 Å². The van der Waals surface area contributed by atoms with Gasteiger partial charge in [0.05, 0.1) is 10.0 Å². The van der Waals surface area contributed by atoms with Gasteiger partial charge in [0.2, 0.25) is 0 Å². The summed E-state index contributed by atoms with van der Waals surface area (Å²) >= 11 is 12.2. The highest BCUT2D eigenvalue weighted by atomic mass is 35.5. The van der Waals surface area contributed by atoms with Gasteiger partial charge in [-0.05, 0) is 87.0 Å². The zero-order chi connectivity index (χ0) is 22.5. The van der Waals surface area contributed by atoms with Crippen molar-refractivity contribution in [3.8, 4) is 0 Å². The molecule has 2 aromatic carbocycles. The van der Waals surface area contributed by atoms with Crippen molar-refractivity contribution in [3.05, 3.63) is 64.1 Å². The number of urea groups is 1. The third kappa shape index (κ3) is 5.98. The van der Waals surface area contributed by atoms with Crippen LogP contribution in [-0.2, 0) is 6.42 Å². The molecular formula is C26H33Cl2N3O. The van der Waals surface area contributed by atoms with Gasteiger partial charge in [0.25, 0.3) is 0 Å². The fourth-order valence-corrected chi connectivity index (χ4v) is 5.20. The molecule has 4 nitrogen and oxygen atoms in total. The van der Waals surface area contributed by atoms with Crippen LogP contribution in [0.1, 0.15) is 31.7 Å². The van der Waals surface area contributed by atoms with Gasteiger partial charge in [0.1, 0.15) is 0 Å². The summed E-state index contributed by atoms with van der Waals surface area (Å²) in [6, 6.07) is 16.1. The molecule has 2 amide bonds. The average Bonchev–Trinajstić information content (AvgIpc) is 3.16. The Morgan fingerprint density at radius 2 is 1.72 bits per heavy atom. The van der Waals surface area contributed by atoms with Crippen LogP contribution >= 0.6 is 23.2 Å². The number of carbonyl (C=O) groups is 1. The number of para-hydroxylation sites is 1. The number of rotatable bonds is 8. The summed E-state index contributed by atoms with van der Waals surface area (Å²) < 4.78 is 0. The van der Waals surface area contributed by atoms with E-state index in [1.54, 1.807) is 0 Å². The van der Waals surface area contributed by atoms with Crippen LogP contribution in [0.5, 0.6) is 0 Å². The molecule has 2 aromatic rings. The number of piperidine rings is 1. The van der Waals surface area contributed by atoms with Gasteiger partial charge < -0.3 is 9.80 Å². The van der Waals surface area contributed by atoms with Crippen LogP contribution in [0.3, 0.4) is 0 Å². The molecule has 0 aromatic heterocycles. The molecule has 2 heterocycles. The molecule has 1 atom stereocenters. The lowest BCUT2D eigenvalue weighted by atomic mass is 9.90. The Balaban J connectivity index is 1.16. The first-order chi connectivity index (χ1) is 15.5. The van der Waals surface area contributed by atoms with Crippen LogP contribution in [0.15, 0.2) is 48.5 Å². The van der Waals surface area contributed by atoms with Crippen LogP contribution in [0.25, 0.3) is 0 Å². The Bertz CT molecular complexity index is 899. The van der Waals surface area contributed by atoms with E-state index in [0.717, 1.165) is 57.8 Å². The quantitative estimate of drug-likeness (QED) is 0.454. The molecule has 0 spiro atoms. The van der Waals surface area contributed by atoms with E-state index >= 15 is 0 Å². The number of anilines is 1. The second kappa shape index (κ2) is 10.9. The first-order valence-corrected chi connectivity index (χ1v) is 12.5. The summed E-state index contributed by atoms with van der Waals surface area (Å²) in [5.41, 5.74) is 2.28. The predicted molar refractivity (Wildman–Crippen MR) is 134 cm³/mol. The van der Waals surface area contributed by atoms with Crippen molar-refractivity contribution in [2.75, 3.05) is 44.2 Å². The summed E-state index contributed by atoms with van der Waals surface area (Å²) in [5, 5.41) is 1.28. The zero-order valence-corrected chi connectivity index (χ0v) is 20.4. The number of carbonyl (C=O) groups excluding carboxylic acids is 1. The van der Waals surface area contributed by atoms with Crippen molar-refractivity contribution >= 4 is 34.9 Å². The van der Waals surface area contributed by atoms with Gasteiger partial charge in [-0.3, -0.25) is 4.90 Å². The number of hydrogen-bond acceptors (Lipinski definition) is 2. The standard InChI is InChI=1S/C26H33Cl2N3O/c1-20(19-30-15-16-31(26(30)32)23-5-3-2-4-6-23)9-12-29-13-10-21(11-14-29)17-22-7-8-24(27)25(28)18-22/h2-8,18,20-21H,9-17,19H2,1H3. The molecule has 4 rings (SSSR count). The van der Waals surface area contributed by atoms with E-state index in [-0.39, 0.29) is 6.03 Å². The highest BCUT2D eigenvalue weighted by Crippen LogP contribution is 2.27. The summed E-state index contributed by atoms with van der Waals surface area (Å²) in [7, 11) is 0. The Kier molecular flexibility index (Phi) is 7.98. The fraction of sp³-hybridized carbons (Fsp3) is 0.500. The van der Waals surface area contributed by atoms with E-state index < -0.39 is 0 Å². The molecule has 0 saturated carbocycles. The summed E-state index contributed by atoms with van der Waals surface area (Å²) in [6.07, 6.45) is 4.67. The number of nitrogens with zero attached hydrogens (tertiary/aromatic N) is 3. The third-order valence-corrected chi connectivity index (χ3v) is 7.59. The normalized spacial score (nSPS) is 19.0. The van der Waals surface area contributed by atoms with E-state index in [9.17, 15) is 4.79 Å². The molecule has 2 aliphatic rings. The molecule has 6 heteroatoms. The van der Waals surface area contributed by atoms with E-state index in [4.69, 9.17) is 23.2 Å². The zero-order valence-electron chi connectivity index (χ0n) is 18.9. The Hall–Kier alpha value is -1.75. The van der Waals surface area contributed by atoms with Gasteiger partial charge in [-0.2, -0.15) is 0 Å². The smallest absolute Gasteiger partial charge is 0.322 e. The minimum atomic E-state index is 0.145. The third-order valence-electron chi connectivity index (χ3n) is 6.85. The van der Waals surface area contributed by atoms with Crippen LogP contribution in [0, 0.1) is 11.8 Å². The lowest BCUT2D eigenvalue weighted by molar-refractivity contribution is 0.168. The van der Waals surface area contributed by atoms with E-state index in [0.29, 0.717) is 21.9 Å². The molecule has 32 heavy (non-hydrogen) atoms. The molecule has 0 radical (unpaired) electrons. The SMILES string of the molecule is CC(CCN1CCC(Cc2ccc(Cl)c(Cl)c2)CC1)CN1CCN(c2ccccc2)C1=O. The lowest BCUT2D eigenvalue weighted by Crippen LogP contribution is -2.37. The molecule has 2 fully saturated rings. The topological polar surface area (TPSA) is 26.8 Å². The van der Waals surface area contributed by atoms with Crippen molar-refractivity contribution in [1.82, 2.24) is 9.80 Å². The lowest BCUT2D eigenvalue weighted by Gasteiger charge is -2.33. The fourth-order valence-electron chi connectivity index (χ4n) is 4.88. The van der Waals surface area contributed by atoms with Crippen LogP contribution in [0.2, 0.25) is 10.0 Å². The Morgan fingerprint density at radius 1 is 0.969 bits per heavy atom. The van der Waals surface area contributed by atoms with Crippen LogP contribution in [0.4, 0.5) is 10.5 Å². The number of hydrogen-bond donors (Lipinski definition) is 0. The number of halogens is 2. The average molecular weight is 474 g/mol. The number of amides is 2. The molecule has 2 aliphatic heterocycles. The van der Waals surface area contributed by atoms with E-state index in [1.807, 2.05) is 52.3 Å². The molecule has 1 unspecified atom stereocenters. The maximum Gasteiger partial charge on any atom is 0.324 e. The maximum absolute atomic E-state index is 12.8. The van der Waals surface area contributed by atoms with Gasteiger partial charge in [-0.15, -0.1) is 0 Å². The number of likely N-dealkylation sites (tertiary alicyclic amines) is 1. The Morgan fingerprint density at radius 3 is 2.44 bits per heavy atom. The van der Waals surface area contributed by atoms with Crippen molar-refractivity contribution in [2.24, 2.45) is 11.8 Å². The van der Waals surface area contributed by atoms with E-state index in [1.165, 1.54) is 18.4 Å². The first kappa shape index (κ1) is 23.4. The molecule has 2 saturated heterocycles. The molecule has 172 valence electrons. The van der Waals surface area contributed by atoms with Gasteiger partial charge >= 0.3 is 6.03 Å². The largest absolute Gasteiger partial charge is 0.324 e. The Labute approximate surface area is 202 Å². The van der Waals surface area contributed by atoms with Crippen LogP contribution in [-0.4, -0.2) is 55.1 Å². The maximum atomic E-state index is 12.8. The molecule has 0 aliphatic carbocycles. The van der Waals surface area contributed by atoms with Crippen molar-refractivity contribution in [3.63, 3.8) is 0 Å².